The maximum absolute atomic E-state index is 11.4. The van der Waals surface area contributed by atoms with Crippen molar-refractivity contribution in [3.05, 3.63) is 44.7 Å². The highest BCUT2D eigenvalue weighted by Gasteiger charge is 2.06. The van der Waals surface area contributed by atoms with Gasteiger partial charge in [-0.3, -0.25) is 4.98 Å². The summed E-state index contributed by atoms with van der Waals surface area (Å²) in [6, 6.07) is 5.21. The Hall–Kier alpha value is -1.88. The Kier molecular flexibility index (Phi) is 2.87. The molecule has 1 aromatic heterocycles. The van der Waals surface area contributed by atoms with Crippen LogP contribution in [0.2, 0.25) is 0 Å². The summed E-state index contributed by atoms with van der Waals surface area (Å²) in [7, 11) is 1.60. The van der Waals surface area contributed by atoms with Crippen molar-refractivity contribution in [3.8, 4) is 0 Å². The van der Waals surface area contributed by atoms with Crippen LogP contribution in [0.3, 0.4) is 0 Å². The minimum atomic E-state index is -0.734. The SMILES string of the molecule is COCCc1cccc2c(=O)oc(=O)[nH]c12. The molecule has 0 bridgehead atoms. The average Bonchev–Trinajstić information content (AvgIpc) is 2.26. The minimum absolute atomic E-state index is 0.383. The van der Waals surface area contributed by atoms with E-state index in [2.05, 4.69) is 9.40 Å². The molecule has 0 aliphatic carbocycles. The molecule has 0 spiro atoms. The molecule has 1 aromatic carbocycles. The molecule has 5 heteroatoms. The molecule has 2 rings (SSSR count). The van der Waals surface area contributed by atoms with Gasteiger partial charge in [0.2, 0.25) is 0 Å². The Labute approximate surface area is 90.7 Å². The normalized spacial score (nSPS) is 10.8. The highest BCUT2D eigenvalue weighted by Crippen LogP contribution is 2.12. The number of rotatable bonds is 3. The minimum Gasteiger partial charge on any atom is -0.384 e. The van der Waals surface area contributed by atoms with Gasteiger partial charge in [-0.05, 0) is 18.1 Å². The molecular formula is C11H11NO4. The van der Waals surface area contributed by atoms with Crippen molar-refractivity contribution in [2.45, 2.75) is 6.42 Å². The van der Waals surface area contributed by atoms with Crippen LogP contribution in [0.25, 0.3) is 10.9 Å². The summed E-state index contributed by atoms with van der Waals surface area (Å²) in [6.07, 6.45) is 0.632. The first-order chi connectivity index (χ1) is 7.72. The second kappa shape index (κ2) is 4.32. The Balaban J connectivity index is 2.67. The van der Waals surface area contributed by atoms with Crippen LogP contribution in [0.5, 0.6) is 0 Å². The van der Waals surface area contributed by atoms with Crippen LogP contribution in [0.4, 0.5) is 0 Å². The van der Waals surface area contributed by atoms with Gasteiger partial charge < -0.3 is 9.15 Å². The lowest BCUT2D eigenvalue weighted by Crippen LogP contribution is -2.15. The number of H-pyrrole nitrogens is 1. The highest BCUT2D eigenvalue weighted by molar-refractivity contribution is 5.80. The van der Waals surface area contributed by atoms with Crippen molar-refractivity contribution in [1.29, 1.82) is 0 Å². The maximum Gasteiger partial charge on any atom is 0.419 e. The van der Waals surface area contributed by atoms with Gasteiger partial charge in [0.05, 0.1) is 17.5 Å². The second-order valence-electron chi connectivity index (χ2n) is 3.38. The predicted molar refractivity (Wildman–Crippen MR) is 58.7 cm³/mol. The van der Waals surface area contributed by atoms with E-state index in [1.807, 2.05) is 6.07 Å². The molecule has 0 atom stereocenters. The Morgan fingerprint density at radius 3 is 2.94 bits per heavy atom. The molecule has 0 aliphatic rings. The van der Waals surface area contributed by atoms with E-state index in [0.29, 0.717) is 23.9 Å². The van der Waals surface area contributed by atoms with Crippen molar-refractivity contribution < 1.29 is 9.15 Å². The molecule has 5 nitrogen and oxygen atoms in total. The summed E-state index contributed by atoms with van der Waals surface area (Å²) in [5, 5.41) is 0.383. The second-order valence-corrected chi connectivity index (χ2v) is 3.38. The van der Waals surface area contributed by atoms with Gasteiger partial charge in [-0.25, -0.2) is 9.59 Å². The summed E-state index contributed by atoms with van der Waals surface area (Å²) in [5.74, 6) is -0.734. The third-order valence-electron chi connectivity index (χ3n) is 2.36. The summed E-state index contributed by atoms with van der Waals surface area (Å²) in [4.78, 5) is 25.0. The Morgan fingerprint density at radius 1 is 1.38 bits per heavy atom. The highest BCUT2D eigenvalue weighted by atomic mass is 16.5. The van der Waals surface area contributed by atoms with Crippen molar-refractivity contribution in [2.24, 2.45) is 0 Å². The molecule has 1 heterocycles. The molecule has 0 unspecified atom stereocenters. The van der Waals surface area contributed by atoms with Gasteiger partial charge in [-0.1, -0.05) is 12.1 Å². The Bertz CT molecular complexity index is 611. The number of fused-ring (bicyclic) bond motifs is 1. The smallest absolute Gasteiger partial charge is 0.384 e. The number of methoxy groups -OCH3 is 1. The number of nitrogens with one attached hydrogen (secondary N) is 1. The molecular weight excluding hydrogens is 210 g/mol. The van der Waals surface area contributed by atoms with E-state index >= 15 is 0 Å². The molecule has 2 aromatic rings. The summed E-state index contributed by atoms with van der Waals surface area (Å²) >= 11 is 0. The van der Waals surface area contributed by atoms with Crippen LogP contribution in [0, 0.1) is 0 Å². The number of para-hydroxylation sites is 1. The molecule has 0 saturated carbocycles. The number of ether oxygens (including phenoxy) is 1. The maximum atomic E-state index is 11.4. The predicted octanol–water partition coefficient (Wildman–Crippen LogP) is 0.670. The molecule has 16 heavy (non-hydrogen) atoms. The molecule has 0 saturated heterocycles. The van der Waals surface area contributed by atoms with E-state index in [0.717, 1.165) is 5.56 Å². The van der Waals surface area contributed by atoms with Gasteiger partial charge in [-0.15, -0.1) is 0 Å². The number of aromatic nitrogens is 1. The van der Waals surface area contributed by atoms with Crippen LogP contribution in [0.1, 0.15) is 5.56 Å². The fraction of sp³-hybridized carbons (Fsp3) is 0.273. The monoisotopic (exact) mass is 221 g/mol. The van der Waals surface area contributed by atoms with E-state index in [9.17, 15) is 9.59 Å². The van der Waals surface area contributed by atoms with Gasteiger partial charge in [0.25, 0.3) is 0 Å². The van der Waals surface area contributed by atoms with Gasteiger partial charge in [0.15, 0.2) is 0 Å². The number of aromatic amines is 1. The van der Waals surface area contributed by atoms with Crippen LogP contribution in [-0.4, -0.2) is 18.7 Å². The van der Waals surface area contributed by atoms with E-state index in [1.54, 1.807) is 19.2 Å². The zero-order valence-corrected chi connectivity index (χ0v) is 8.78. The van der Waals surface area contributed by atoms with Crippen LogP contribution >= 0.6 is 0 Å². The van der Waals surface area contributed by atoms with Crippen LogP contribution in [-0.2, 0) is 11.2 Å². The topological polar surface area (TPSA) is 72.3 Å². The molecule has 0 fully saturated rings. The van der Waals surface area contributed by atoms with Crippen molar-refractivity contribution in [2.75, 3.05) is 13.7 Å². The zero-order chi connectivity index (χ0) is 11.5. The molecule has 1 N–H and O–H groups in total. The largest absolute Gasteiger partial charge is 0.419 e. The third kappa shape index (κ3) is 1.90. The van der Waals surface area contributed by atoms with Gasteiger partial charge in [-0.2, -0.15) is 0 Å². The molecule has 84 valence electrons. The standard InChI is InChI=1S/C11H11NO4/c1-15-6-5-7-3-2-4-8-9(7)12-11(14)16-10(8)13/h2-4H,5-6H2,1H3,(H,12,14). The average molecular weight is 221 g/mol. The first-order valence-corrected chi connectivity index (χ1v) is 4.86. The van der Waals surface area contributed by atoms with E-state index in [4.69, 9.17) is 4.74 Å². The van der Waals surface area contributed by atoms with Crippen molar-refractivity contribution in [3.63, 3.8) is 0 Å². The fourth-order valence-electron chi connectivity index (χ4n) is 1.60. The van der Waals surface area contributed by atoms with E-state index in [-0.39, 0.29) is 0 Å². The lowest BCUT2D eigenvalue weighted by Gasteiger charge is -2.03. The lowest BCUT2D eigenvalue weighted by atomic mass is 10.1. The summed E-state index contributed by atoms with van der Waals surface area (Å²) in [5.41, 5.74) is 0.781. The fourth-order valence-corrected chi connectivity index (χ4v) is 1.60. The third-order valence-corrected chi connectivity index (χ3v) is 2.36. The number of hydrogen-bond acceptors (Lipinski definition) is 4. The Morgan fingerprint density at radius 2 is 2.19 bits per heavy atom. The molecule has 0 amide bonds. The van der Waals surface area contributed by atoms with Crippen LogP contribution < -0.4 is 11.4 Å². The van der Waals surface area contributed by atoms with Crippen LogP contribution in [0.15, 0.2) is 32.2 Å². The quantitative estimate of drug-likeness (QED) is 0.826. The van der Waals surface area contributed by atoms with Gasteiger partial charge in [0, 0.05) is 7.11 Å². The number of hydrogen-bond donors (Lipinski definition) is 1. The number of benzene rings is 1. The van der Waals surface area contributed by atoms with E-state index in [1.165, 1.54) is 0 Å². The van der Waals surface area contributed by atoms with E-state index < -0.39 is 11.4 Å². The van der Waals surface area contributed by atoms with Crippen molar-refractivity contribution >= 4 is 10.9 Å². The molecule has 0 radical (unpaired) electrons. The zero-order valence-electron chi connectivity index (χ0n) is 8.78. The summed E-state index contributed by atoms with van der Waals surface area (Å²) in [6.45, 7) is 0.529. The molecule has 0 aliphatic heterocycles. The first-order valence-electron chi connectivity index (χ1n) is 4.86. The van der Waals surface area contributed by atoms with Gasteiger partial charge in [0.1, 0.15) is 0 Å². The first kappa shape index (κ1) is 10.6. The van der Waals surface area contributed by atoms with Crippen molar-refractivity contribution in [1.82, 2.24) is 4.98 Å². The van der Waals surface area contributed by atoms with Gasteiger partial charge >= 0.3 is 11.4 Å². The lowest BCUT2D eigenvalue weighted by molar-refractivity contribution is 0.202. The summed E-state index contributed by atoms with van der Waals surface area (Å²) < 4.78 is 9.41.